The summed E-state index contributed by atoms with van der Waals surface area (Å²) in [7, 11) is 1.97. The quantitative estimate of drug-likeness (QED) is 0.395. The number of amides is 1. The van der Waals surface area contributed by atoms with Gasteiger partial charge in [0.25, 0.3) is 5.91 Å². The second-order valence-electron chi connectivity index (χ2n) is 4.36. The van der Waals surface area contributed by atoms with Crippen LogP contribution in [-0.2, 0) is 18.3 Å². The molecule has 1 atom stereocenters. The molecule has 1 aromatic carbocycles. The Hall–Kier alpha value is -1.92. The van der Waals surface area contributed by atoms with E-state index < -0.39 is 6.04 Å². The van der Waals surface area contributed by atoms with Crippen LogP contribution in [0.3, 0.4) is 0 Å². The molecule has 96 valence electrons. The van der Waals surface area contributed by atoms with Crippen LogP contribution in [0.2, 0.25) is 0 Å². The van der Waals surface area contributed by atoms with Crippen LogP contribution in [0.1, 0.15) is 11.4 Å². The summed E-state index contributed by atoms with van der Waals surface area (Å²) in [6.07, 6.45) is 0.439. The number of rotatable bonds is 3. The van der Waals surface area contributed by atoms with Crippen molar-refractivity contribution < 1.29 is 4.79 Å². The number of nitrogens with one attached hydrogen (secondary N) is 1. The maximum absolute atomic E-state index is 11.3. The summed E-state index contributed by atoms with van der Waals surface area (Å²) in [5.74, 6) is 5.63. The molecule has 0 fully saturated rings. The molecule has 2 aromatic rings. The third kappa shape index (κ3) is 2.20. The minimum Gasteiger partial charge on any atom is -0.331 e. The molecule has 0 spiro atoms. The minimum absolute atomic E-state index is 0.368. The first kappa shape index (κ1) is 12.5. The molecule has 2 rings (SSSR count). The summed E-state index contributed by atoms with van der Waals surface area (Å²) in [6.45, 7) is 1.95. The van der Waals surface area contributed by atoms with Crippen LogP contribution in [0.5, 0.6) is 0 Å². The highest BCUT2D eigenvalue weighted by atomic mass is 16.2. The Morgan fingerprint density at radius 1 is 1.56 bits per heavy atom. The van der Waals surface area contributed by atoms with Gasteiger partial charge >= 0.3 is 0 Å². The van der Waals surface area contributed by atoms with Gasteiger partial charge in [0.15, 0.2) is 0 Å². The molecule has 1 heterocycles. The second kappa shape index (κ2) is 4.75. The molecular weight excluding hydrogens is 230 g/mol. The molecule has 0 saturated heterocycles. The Morgan fingerprint density at radius 3 is 2.94 bits per heavy atom. The maximum atomic E-state index is 11.3. The molecule has 0 saturated carbocycles. The topological polar surface area (TPSA) is 99.0 Å². The van der Waals surface area contributed by atoms with Crippen LogP contribution in [0.15, 0.2) is 18.2 Å². The highest BCUT2D eigenvalue weighted by Crippen LogP contribution is 2.17. The molecule has 0 aliphatic heterocycles. The van der Waals surface area contributed by atoms with Crippen LogP contribution >= 0.6 is 0 Å². The lowest BCUT2D eigenvalue weighted by Crippen LogP contribution is -2.45. The van der Waals surface area contributed by atoms with Gasteiger partial charge < -0.3 is 10.3 Å². The molecule has 18 heavy (non-hydrogen) atoms. The first-order chi connectivity index (χ1) is 8.52. The SMILES string of the molecule is Cc1nc2cc(CC(N)C(=O)NN)ccc2n1C. The molecule has 0 aliphatic carbocycles. The second-order valence-corrected chi connectivity index (χ2v) is 4.36. The predicted octanol–water partition coefficient (Wildman–Crippen LogP) is -0.259. The molecule has 1 amide bonds. The van der Waals surface area contributed by atoms with Crippen LogP contribution in [-0.4, -0.2) is 21.5 Å². The monoisotopic (exact) mass is 247 g/mol. The highest BCUT2D eigenvalue weighted by molar-refractivity contribution is 5.82. The molecule has 5 N–H and O–H groups in total. The van der Waals surface area contributed by atoms with Gasteiger partial charge in [0, 0.05) is 7.05 Å². The number of benzene rings is 1. The number of aryl methyl sites for hydroxylation is 2. The molecule has 1 aromatic heterocycles. The van der Waals surface area contributed by atoms with E-state index in [0.717, 1.165) is 22.4 Å². The number of carbonyl (C=O) groups excluding carboxylic acids is 1. The predicted molar refractivity (Wildman–Crippen MR) is 69.5 cm³/mol. The summed E-state index contributed by atoms with van der Waals surface area (Å²) in [6, 6.07) is 5.24. The summed E-state index contributed by atoms with van der Waals surface area (Å²) < 4.78 is 2.02. The first-order valence-electron chi connectivity index (χ1n) is 5.71. The van der Waals surface area contributed by atoms with Crippen molar-refractivity contribution >= 4 is 16.9 Å². The summed E-state index contributed by atoms with van der Waals surface area (Å²) in [5, 5.41) is 0. The molecule has 1 unspecified atom stereocenters. The van der Waals surface area contributed by atoms with Gasteiger partial charge in [-0.25, -0.2) is 10.8 Å². The van der Waals surface area contributed by atoms with Crippen molar-refractivity contribution in [2.75, 3.05) is 0 Å². The Labute approximate surface area is 105 Å². The third-order valence-electron chi connectivity index (χ3n) is 3.10. The van der Waals surface area contributed by atoms with Crippen molar-refractivity contribution in [1.29, 1.82) is 0 Å². The minimum atomic E-state index is -0.641. The van der Waals surface area contributed by atoms with Crippen LogP contribution in [0, 0.1) is 6.92 Å². The summed E-state index contributed by atoms with van der Waals surface area (Å²) in [5.41, 5.74) is 10.7. The normalized spacial score (nSPS) is 12.7. The lowest BCUT2D eigenvalue weighted by Gasteiger charge is -2.09. The van der Waals surface area contributed by atoms with E-state index in [4.69, 9.17) is 11.6 Å². The smallest absolute Gasteiger partial charge is 0.251 e. The number of hydrogen-bond acceptors (Lipinski definition) is 4. The molecular formula is C12H17N5O. The fraction of sp³-hybridized carbons (Fsp3) is 0.333. The van der Waals surface area contributed by atoms with E-state index in [2.05, 4.69) is 10.4 Å². The number of hydrogen-bond donors (Lipinski definition) is 3. The highest BCUT2D eigenvalue weighted by Gasteiger charge is 2.13. The third-order valence-corrected chi connectivity index (χ3v) is 3.10. The van der Waals surface area contributed by atoms with Gasteiger partial charge in [-0.15, -0.1) is 0 Å². The number of nitrogens with zero attached hydrogens (tertiary/aromatic N) is 2. The van der Waals surface area contributed by atoms with Gasteiger partial charge in [-0.2, -0.15) is 0 Å². The zero-order valence-corrected chi connectivity index (χ0v) is 10.5. The Bertz CT molecular complexity index is 589. The molecule has 6 heteroatoms. The molecule has 0 radical (unpaired) electrons. The van der Waals surface area contributed by atoms with Crippen molar-refractivity contribution in [2.45, 2.75) is 19.4 Å². The van der Waals surface area contributed by atoms with Crippen molar-refractivity contribution in [1.82, 2.24) is 15.0 Å². The van der Waals surface area contributed by atoms with E-state index >= 15 is 0 Å². The van der Waals surface area contributed by atoms with Gasteiger partial charge in [-0.1, -0.05) is 6.07 Å². The van der Waals surface area contributed by atoms with Gasteiger partial charge in [0.05, 0.1) is 17.1 Å². The average molecular weight is 247 g/mol. The van der Waals surface area contributed by atoms with Crippen LogP contribution < -0.4 is 17.0 Å². The van der Waals surface area contributed by atoms with Crippen molar-refractivity contribution in [3.63, 3.8) is 0 Å². The van der Waals surface area contributed by atoms with E-state index in [9.17, 15) is 4.79 Å². The van der Waals surface area contributed by atoms with Crippen molar-refractivity contribution in [3.8, 4) is 0 Å². The summed E-state index contributed by atoms with van der Waals surface area (Å²) in [4.78, 5) is 15.7. The van der Waals surface area contributed by atoms with Crippen molar-refractivity contribution in [3.05, 3.63) is 29.6 Å². The Kier molecular flexibility index (Phi) is 3.31. The zero-order chi connectivity index (χ0) is 13.3. The summed E-state index contributed by atoms with van der Waals surface area (Å²) >= 11 is 0. The van der Waals surface area contributed by atoms with E-state index in [1.807, 2.05) is 36.7 Å². The van der Waals surface area contributed by atoms with Gasteiger partial charge in [0.1, 0.15) is 5.82 Å². The largest absolute Gasteiger partial charge is 0.331 e. The van der Waals surface area contributed by atoms with E-state index in [1.54, 1.807) is 0 Å². The van der Waals surface area contributed by atoms with Gasteiger partial charge in [-0.3, -0.25) is 10.2 Å². The van der Waals surface area contributed by atoms with Crippen LogP contribution in [0.25, 0.3) is 11.0 Å². The Morgan fingerprint density at radius 2 is 2.28 bits per heavy atom. The zero-order valence-electron chi connectivity index (χ0n) is 10.5. The fourth-order valence-corrected chi connectivity index (χ4v) is 1.95. The lowest BCUT2D eigenvalue weighted by atomic mass is 10.1. The standard InChI is InChI=1S/C12H17N5O/c1-7-15-10-6-8(3-4-11(10)17(7)2)5-9(13)12(18)16-14/h3-4,6,9H,5,13-14H2,1-2H3,(H,16,18). The number of imidazole rings is 1. The molecule has 0 aliphatic rings. The van der Waals surface area contributed by atoms with E-state index in [1.165, 1.54) is 0 Å². The van der Waals surface area contributed by atoms with Gasteiger partial charge in [0.2, 0.25) is 0 Å². The molecule has 6 nitrogen and oxygen atoms in total. The van der Waals surface area contributed by atoms with E-state index in [-0.39, 0.29) is 5.91 Å². The maximum Gasteiger partial charge on any atom is 0.251 e. The Balaban J connectivity index is 2.28. The number of nitrogens with two attached hydrogens (primary N) is 2. The number of fused-ring (bicyclic) bond motifs is 1. The van der Waals surface area contributed by atoms with E-state index in [0.29, 0.717) is 6.42 Å². The van der Waals surface area contributed by atoms with Crippen molar-refractivity contribution in [2.24, 2.45) is 18.6 Å². The number of aromatic nitrogens is 2. The number of carbonyl (C=O) groups is 1. The van der Waals surface area contributed by atoms with Gasteiger partial charge in [-0.05, 0) is 31.0 Å². The first-order valence-corrected chi connectivity index (χ1v) is 5.71. The fourth-order valence-electron chi connectivity index (χ4n) is 1.95. The average Bonchev–Trinajstić information content (AvgIpc) is 2.63. The lowest BCUT2D eigenvalue weighted by molar-refractivity contribution is -0.122. The molecule has 0 bridgehead atoms. The van der Waals surface area contributed by atoms with Crippen LogP contribution in [0.4, 0.5) is 0 Å². The number of hydrazine groups is 1.